The van der Waals surface area contributed by atoms with Gasteiger partial charge in [-0.1, -0.05) is 27.7 Å². The van der Waals surface area contributed by atoms with Gasteiger partial charge in [0.05, 0.1) is 43.6 Å². The normalized spacial score (nSPS) is 12.7. The van der Waals surface area contributed by atoms with Crippen molar-refractivity contribution in [3.05, 3.63) is 78.1 Å². The highest BCUT2D eigenvalue weighted by Crippen LogP contribution is 2.41. The smallest absolute Gasteiger partial charge is 0.217 e. The molecule has 0 radical (unpaired) electrons. The zero-order valence-corrected chi connectivity index (χ0v) is 22.8. The molecule has 0 aliphatic rings. The lowest BCUT2D eigenvalue weighted by Gasteiger charge is -2.18. The van der Waals surface area contributed by atoms with Crippen molar-refractivity contribution < 1.29 is 35.1 Å². The molecule has 0 amide bonds. The summed E-state index contributed by atoms with van der Waals surface area (Å²) < 4.78 is 116. The molecular formula is C30H14F8N4O2. The third-order valence-corrected chi connectivity index (χ3v) is 7.86. The van der Waals surface area contributed by atoms with Crippen LogP contribution in [0.25, 0.3) is 65.7 Å². The summed E-state index contributed by atoms with van der Waals surface area (Å²) in [6, 6.07) is 0. The number of nitrogens with zero attached hydrogens (tertiary/aromatic N) is 4. The van der Waals surface area contributed by atoms with Crippen LogP contribution in [0.4, 0.5) is 35.1 Å². The van der Waals surface area contributed by atoms with Crippen molar-refractivity contribution in [1.82, 2.24) is 19.9 Å². The van der Waals surface area contributed by atoms with E-state index >= 15 is 0 Å². The van der Waals surface area contributed by atoms with E-state index in [1.807, 2.05) is 0 Å². The van der Waals surface area contributed by atoms with Gasteiger partial charge in [-0.05, 0) is 11.8 Å². The third-order valence-electron chi connectivity index (χ3n) is 7.86. The molecule has 0 saturated carbocycles. The van der Waals surface area contributed by atoms with E-state index in [1.165, 1.54) is 0 Å². The van der Waals surface area contributed by atoms with Gasteiger partial charge in [0.1, 0.15) is 22.1 Å². The topological polar surface area (TPSA) is 85.7 Å². The Hall–Kier alpha value is -4.88. The van der Waals surface area contributed by atoms with Gasteiger partial charge in [-0.2, -0.15) is 0 Å². The first kappa shape index (κ1) is 27.9. The molecule has 0 saturated heterocycles. The Balaban J connectivity index is 1.79. The van der Waals surface area contributed by atoms with E-state index in [1.54, 1.807) is 27.7 Å². The highest BCUT2D eigenvalue weighted by molar-refractivity contribution is 6.15. The molecule has 222 valence electrons. The average Bonchev–Trinajstić information content (AvgIpc) is 3.43. The zero-order valence-electron chi connectivity index (χ0n) is 22.8. The van der Waals surface area contributed by atoms with Gasteiger partial charge < -0.3 is 0 Å². The van der Waals surface area contributed by atoms with Crippen LogP contribution in [0.15, 0.2) is 9.59 Å². The van der Waals surface area contributed by atoms with E-state index in [2.05, 4.69) is 19.9 Å². The van der Waals surface area contributed by atoms with Crippen LogP contribution in [0.5, 0.6) is 0 Å². The Bertz CT molecular complexity index is 2410. The highest BCUT2D eigenvalue weighted by atomic mass is 19.2. The molecular weight excluding hydrogens is 600 g/mol. The molecule has 0 atom stereocenters. The van der Waals surface area contributed by atoms with Gasteiger partial charge in [-0.25, -0.2) is 55.1 Å². The van der Waals surface area contributed by atoms with Crippen molar-refractivity contribution in [1.29, 1.82) is 0 Å². The average molecular weight is 614 g/mol. The summed E-state index contributed by atoms with van der Waals surface area (Å²) in [5.41, 5.74) is -4.59. The van der Waals surface area contributed by atoms with Crippen molar-refractivity contribution in [2.24, 2.45) is 0 Å². The lowest BCUT2D eigenvalue weighted by molar-refractivity contribution is 0.418. The minimum Gasteiger partial charge on any atom is -0.287 e. The number of aromatic nitrogens is 4. The molecule has 6 nitrogen and oxygen atoms in total. The van der Waals surface area contributed by atoms with Crippen LogP contribution in [0, 0.1) is 46.5 Å². The second-order valence-corrected chi connectivity index (χ2v) is 11.0. The summed E-state index contributed by atoms with van der Waals surface area (Å²) >= 11 is 0. The lowest BCUT2D eigenvalue weighted by atomic mass is 9.91. The molecule has 0 bridgehead atoms. The zero-order chi connectivity index (χ0) is 31.8. The van der Waals surface area contributed by atoms with Crippen molar-refractivity contribution in [2.45, 2.75) is 39.5 Å². The molecule has 0 unspecified atom stereocenters. The van der Waals surface area contributed by atoms with Crippen LogP contribution in [0.2, 0.25) is 0 Å². The first-order chi connectivity index (χ1) is 20.7. The summed E-state index contributed by atoms with van der Waals surface area (Å²) in [5.74, 6) is -17.3. The van der Waals surface area contributed by atoms with Crippen molar-refractivity contribution in [3.8, 4) is 0 Å². The van der Waals surface area contributed by atoms with Gasteiger partial charge in [0.2, 0.25) is 10.9 Å². The maximum Gasteiger partial charge on any atom is 0.217 e. The van der Waals surface area contributed by atoms with E-state index in [0.717, 1.165) is 0 Å². The van der Waals surface area contributed by atoms with Gasteiger partial charge in [0.25, 0.3) is 0 Å². The van der Waals surface area contributed by atoms with Gasteiger partial charge in [0, 0.05) is 11.1 Å². The molecule has 14 heteroatoms. The minimum absolute atomic E-state index is 0.0337. The number of fused-ring (bicyclic) bond motifs is 8. The Labute approximate surface area is 238 Å². The molecule has 5 aromatic carbocycles. The van der Waals surface area contributed by atoms with E-state index in [9.17, 15) is 44.7 Å². The summed E-state index contributed by atoms with van der Waals surface area (Å²) in [4.78, 5) is 43.8. The fourth-order valence-corrected chi connectivity index (χ4v) is 5.98. The van der Waals surface area contributed by atoms with Crippen molar-refractivity contribution in [3.63, 3.8) is 0 Å². The third kappa shape index (κ3) is 3.19. The van der Waals surface area contributed by atoms with Gasteiger partial charge >= 0.3 is 0 Å². The SMILES string of the molecule is CC(C)c1c2nc3c(=O)c4c(F)c(F)c(F)c(F)c4c3nc2c(C(C)C)c2nc3c(=O)c4c(F)c(F)c(F)c(F)c4c3nc12. The Morgan fingerprint density at radius 3 is 0.886 bits per heavy atom. The molecule has 0 N–H and O–H groups in total. The number of hydrogen-bond donors (Lipinski definition) is 0. The second-order valence-electron chi connectivity index (χ2n) is 11.0. The first-order valence-corrected chi connectivity index (χ1v) is 13.1. The fraction of sp³-hybridized carbons (Fsp3) is 0.200. The maximum absolute atomic E-state index is 15.0. The monoisotopic (exact) mass is 614 g/mol. The predicted molar refractivity (Wildman–Crippen MR) is 145 cm³/mol. The standard InChI is InChI=1S/C30H14F8N4O2/c1-5(2)7-21-24(42-28-25(39-21)9-11(30(28)44)15(33)19(37)17(35)13(9)31)8(6(3)4)22-23(7)41-27-26(40-22)10-12(29(27)43)16(34)20(38)18(36)14(10)32/h5-6H,1-4H3. The number of halogens is 8. The van der Waals surface area contributed by atoms with Gasteiger partial charge in [-0.15, -0.1) is 0 Å². The summed E-state index contributed by atoms with van der Waals surface area (Å²) in [5, 5.41) is -4.01. The predicted octanol–water partition coefficient (Wildman–Crippen LogP) is 7.14. The minimum atomic E-state index is -2.18. The first-order valence-electron chi connectivity index (χ1n) is 13.1. The second kappa shape index (κ2) is 8.83. The molecule has 2 heterocycles. The quantitative estimate of drug-likeness (QED) is 0.0891. The van der Waals surface area contributed by atoms with Crippen molar-refractivity contribution >= 4 is 65.7 Å². The summed E-state index contributed by atoms with van der Waals surface area (Å²) in [6.45, 7) is 6.62. The van der Waals surface area contributed by atoms with E-state index < -0.39 is 113 Å². The maximum atomic E-state index is 15.0. The Morgan fingerprint density at radius 1 is 0.364 bits per heavy atom. The molecule has 0 spiro atoms. The molecule has 2 aromatic heterocycles. The van der Waals surface area contributed by atoms with Crippen LogP contribution >= 0.6 is 0 Å². The largest absolute Gasteiger partial charge is 0.287 e. The van der Waals surface area contributed by atoms with Crippen LogP contribution < -0.4 is 10.9 Å². The van der Waals surface area contributed by atoms with Gasteiger partial charge in [-0.3, -0.25) is 9.59 Å². The fourth-order valence-electron chi connectivity index (χ4n) is 5.98. The number of rotatable bonds is 2. The van der Waals surface area contributed by atoms with E-state index in [0.29, 0.717) is 0 Å². The molecule has 7 rings (SSSR count). The lowest BCUT2D eigenvalue weighted by Crippen LogP contribution is -2.08. The Morgan fingerprint density at radius 2 is 0.614 bits per heavy atom. The van der Waals surface area contributed by atoms with Crippen LogP contribution in [0.1, 0.15) is 50.7 Å². The molecule has 0 aliphatic heterocycles. The van der Waals surface area contributed by atoms with Crippen LogP contribution in [0.3, 0.4) is 0 Å². The summed E-state index contributed by atoms with van der Waals surface area (Å²) in [6.07, 6.45) is 0. The Kier molecular flexibility index (Phi) is 5.60. The summed E-state index contributed by atoms with van der Waals surface area (Å²) in [7, 11) is 0. The number of hydrogen-bond acceptors (Lipinski definition) is 6. The van der Waals surface area contributed by atoms with E-state index in [-0.39, 0.29) is 33.2 Å². The molecule has 44 heavy (non-hydrogen) atoms. The molecule has 7 aromatic rings. The van der Waals surface area contributed by atoms with E-state index in [4.69, 9.17) is 0 Å². The van der Waals surface area contributed by atoms with Crippen LogP contribution in [-0.4, -0.2) is 19.9 Å². The molecule has 0 fully saturated rings. The van der Waals surface area contributed by atoms with Crippen LogP contribution in [-0.2, 0) is 0 Å². The van der Waals surface area contributed by atoms with Crippen molar-refractivity contribution in [2.75, 3.05) is 0 Å². The molecule has 0 aliphatic carbocycles. The number of benzene rings is 3. The highest BCUT2D eigenvalue weighted by Gasteiger charge is 2.32. The van der Waals surface area contributed by atoms with Gasteiger partial charge in [0.15, 0.2) is 46.5 Å².